The average molecular weight is 227 g/mol. The molecule has 0 atom stereocenters. The molecule has 0 fully saturated rings. The highest BCUT2D eigenvalue weighted by atomic mass is 16.1. The summed E-state index contributed by atoms with van der Waals surface area (Å²) in [5.74, 6) is 0.240. The molecule has 1 heterocycles. The van der Waals surface area contributed by atoms with Gasteiger partial charge in [-0.15, -0.1) is 0 Å². The Morgan fingerprint density at radius 2 is 2.12 bits per heavy atom. The number of nitrogens with zero attached hydrogens (tertiary/aromatic N) is 1. The zero-order chi connectivity index (χ0) is 12.1. The largest absolute Gasteiger partial charge is 0.294 e. The third kappa shape index (κ3) is 2.90. The van der Waals surface area contributed by atoms with Crippen LogP contribution >= 0.6 is 0 Å². The maximum Gasteiger partial charge on any atom is 0.162 e. The van der Waals surface area contributed by atoms with Crippen LogP contribution in [0, 0.1) is 0 Å². The lowest BCUT2D eigenvalue weighted by Crippen LogP contribution is -1.98. The number of hydrogen-bond acceptors (Lipinski definition) is 2. The Morgan fingerprint density at radius 3 is 2.94 bits per heavy atom. The van der Waals surface area contributed by atoms with Crippen molar-refractivity contribution in [3.05, 3.63) is 42.1 Å². The van der Waals surface area contributed by atoms with Crippen LogP contribution < -0.4 is 0 Å². The topological polar surface area (TPSA) is 30.0 Å². The lowest BCUT2D eigenvalue weighted by Gasteiger charge is -2.02. The van der Waals surface area contributed by atoms with Gasteiger partial charge in [0.15, 0.2) is 5.78 Å². The number of pyridine rings is 1. The minimum absolute atomic E-state index is 0.240. The molecule has 0 aliphatic heterocycles. The molecule has 0 amide bonds. The first-order chi connectivity index (χ1) is 8.31. The summed E-state index contributed by atoms with van der Waals surface area (Å²) in [5.41, 5.74) is 1.75. The van der Waals surface area contributed by atoms with Crippen molar-refractivity contribution in [1.29, 1.82) is 0 Å². The van der Waals surface area contributed by atoms with Crippen LogP contribution in [0.15, 0.2) is 36.5 Å². The van der Waals surface area contributed by atoms with Gasteiger partial charge in [-0.25, -0.2) is 0 Å². The number of benzene rings is 1. The minimum atomic E-state index is 0.240. The van der Waals surface area contributed by atoms with E-state index in [4.69, 9.17) is 0 Å². The third-order valence-corrected chi connectivity index (χ3v) is 2.93. The van der Waals surface area contributed by atoms with Crippen LogP contribution in [0.4, 0.5) is 0 Å². The lowest BCUT2D eigenvalue weighted by molar-refractivity contribution is 0.0979. The highest BCUT2D eigenvalue weighted by Crippen LogP contribution is 2.15. The molecule has 88 valence electrons. The van der Waals surface area contributed by atoms with Gasteiger partial charge in [-0.2, -0.15) is 0 Å². The standard InChI is InChI=1S/C15H17NO/c1-2-3-4-7-15(17)13-8-9-14-12(11-13)6-5-10-16-14/h5-6,8-11H,2-4,7H2,1H3. The summed E-state index contributed by atoms with van der Waals surface area (Å²) in [6.45, 7) is 2.15. The van der Waals surface area contributed by atoms with Gasteiger partial charge in [-0.3, -0.25) is 9.78 Å². The fraction of sp³-hybridized carbons (Fsp3) is 0.333. The summed E-state index contributed by atoms with van der Waals surface area (Å²) in [6, 6.07) is 9.63. The molecule has 0 radical (unpaired) electrons. The van der Waals surface area contributed by atoms with Crippen molar-refractivity contribution in [2.24, 2.45) is 0 Å². The SMILES string of the molecule is CCCCCC(=O)c1ccc2ncccc2c1. The summed E-state index contributed by atoms with van der Waals surface area (Å²) >= 11 is 0. The Bertz CT molecular complexity index is 519. The van der Waals surface area contributed by atoms with Gasteiger partial charge in [-0.05, 0) is 30.7 Å². The van der Waals surface area contributed by atoms with E-state index in [9.17, 15) is 4.79 Å². The van der Waals surface area contributed by atoms with Crippen molar-refractivity contribution in [1.82, 2.24) is 4.98 Å². The van der Waals surface area contributed by atoms with Gasteiger partial charge in [0.1, 0.15) is 0 Å². The number of hydrogen-bond donors (Lipinski definition) is 0. The Kier molecular flexibility index (Phi) is 3.86. The molecule has 0 aliphatic rings. The predicted molar refractivity (Wildman–Crippen MR) is 70.2 cm³/mol. The average Bonchev–Trinajstić information content (AvgIpc) is 2.38. The second-order valence-corrected chi connectivity index (χ2v) is 4.29. The molecule has 0 aliphatic carbocycles. The molecule has 2 rings (SSSR count). The van der Waals surface area contributed by atoms with E-state index in [-0.39, 0.29) is 5.78 Å². The van der Waals surface area contributed by atoms with Crippen molar-refractivity contribution in [2.75, 3.05) is 0 Å². The normalized spacial score (nSPS) is 10.6. The second-order valence-electron chi connectivity index (χ2n) is 4.29. The van der Waals surface area contributed by atoms with Crippen molar-refractivity contribution in [3.8, 4) is 0 Å². The van der Waals surface area contributed by atoms with Crippen LogP contribution in [0.3, 0.4) is 0 Å². The Labute approximate surface area is 102 Å². The van der Waals surface area contributed by atoms with Crippen LogP contribution in [-0.2, 0) is 0 Å². The van der Waals surface area contributed by atoms with Crippen LogP contribution in [0.25, 0.3) is 10.9 Å². The zero-order valence-corrected chi connectivity index (χ0v) is 10.1. The number of fused-ring (bicyclic) bond motifs is 1. The predicted octanol–water partition coefficient (Wildman–Crippen LogP) is 4.00. The van der Waals surface area contributed by atoms with Gasteiger partial charge < -0.3 is 0 Å². The quantitative estimate of drug-likeness (QED) is 0.571. The molecule has 1 aromatic heterocycles. The van der Waals surface area contributed by atoms with E-state index in [1.807, 2.05) is 30.3 Å². The number of carbonyl (C=O) groups excluding carboxylic acids is 1. The second kappa shape index (κ2) is 5.58. The molecule has 17 heavy (non-hydrogen) atoms. The summed E-state index contributed by atoms with van der Waals surface area (Å²) in [4.78, 5) is 16.2. The molecule has 2 nitrogen and oxygen atoms in total. The Morgan fingerprint density at radius 1 is 1.24 bits per heavy atom. The maximum absolute atomic E-state index is 11.9. The minimum Gasteiger partial charge on any atom is -0.294 e. The van der Waals surface area contributed by atoms with Crippen LogP contribution in [-0.4, -0.2) is 10.8 Å². The highest BCUT2D eigenvalue weighted by molar-refractivity contribution is 5.99. The van der Waals surface area contributed by atoms with Gasteiger partial charge in [0.25, 0.3) is 0 Å². The van der Waals surface area contributed by atoms with E-state index < -0.39 is 0 Å². The van der Waals surface area contributed by atoms with Crippen LogP contribution in [0.1, 0.15) is 43.0 Å². The lowest BCUT2D eigenvalue weighted by atomic mass is 10.0. The van der Waals surface area contributed by atoms with Crippen molar-refractivity contribution in [3.63, 3.8) is 0 Å². The maximum atomic E-state index is 11.9. The fourth-order valence-electron chi connectivity index (χ4n) is 1.93. The number of rotatable bonds is 5. The van der Waals surface area contributed by atoms with Gasteiger partial charge in [0, 0.05) is 23.6 Å². The summed E-state index contributed by atoms with van der Waals surface area (Å²) < 4.78 is 0. The van der Waals surface area contributed by atoms with Gasteiger partial charge in [0.05, 0.1) is 5.52 Å². The Balaban J connectivity index is 2.15. The highest BCUT2D eigenvalue weighted by Gasteiger charge is 2.06. The van der Waals surface area contributed by atoms with E-state index >= 15 is 0 Å². The molecule has 0 bridgehead atoms. The molecule has 2 aromatic rings. The summed E-state index contributed by atoms with van der Waals surface area (Å²) in [6.07, 6.45) is 5.68. The summed E-state index contributed by atoms with van der Waals surface area (Å²) in [7, 11) is 0. The first-order valence-corrected chi connectivity index (χ1v) is 6.19. The molecule has 0 unspecified atom stereocenters. The molecular formula is C15H17NO. The molecular weight excluding hydrogens is 210 g/mol. The van der Waals surface area contributed by atoms with Gasteiger partial charge in [0.2, 0.25) is 0 Å². The van der Waals surface area contributed by atoms with Crippen molar-refractivity contribution < 1.29 is 4.79 Å². The van der Waals surface area contributed by atoms with E-state index in [0.717, 1.165) is 35.7 Å². The number of carbonyl (C=O) groups is 1. The number of aromatic nitrogens is 1. The smallest absolute Gasteiger partial charge is 0.162 e. The third-order valence-electron chi connectivity index (χ3n) is 2.93. The summed E-state index contributed by atoms with van der Waals surface area (Å²) in [5, 5.41) is 1.04. The molecule has 0 N–H and O–H groups in total. The van der Waals surface area contributed by atoms with E-state index in [1.54, 1.807) is 6.20 Å². The van der Waals surface area contributed by atoms with E-state index in [1.165, 1.54) is 0 Å². The number of ketones is 1. The Hall–Kier alpha value is -1.70. The van der Waals surface area contributed by atoms with Crippen LogP contribution in [0.5, 0.6) is 0 Å². The zero-order valence-electron chi connectivity index (χ0n) is 10.1. The molecule has 1 aromatic carbocycles. The number of Topliss-reactive ketones (excluding diaryl/α,β-unsaturated/α-hetero) is 1. The van der Waals surface area contributed by atoms with E-state index in [0.29, 0.717) is 6.42 Å². The molecule has 2 heteroatoms. The van der Waals surface area contributed by atoms with E-state index in [2.05, 4.69) is 11.9 Å². The van der Waals surface area contributed by atoms with Gasteiger partial charge >= 0.3 is 0 Å². The number of unbranched alkanes of at least 4 members (excludes halogenated alkanes) is 2. The van der Waals surface area contributed by atoms with Crippen molar-refractivity contribution in [2.45, 2.75) is 32.6 Å². The first-order valence-electron chi connectivity index (χ1n) is 6.19. The van der Waals surface area contributed by atoms with Gasteiger partial charge in [-0.1, -0.05) is 25.8 Å². The monoisotopic (exact) mass is 227 g/mol. The fourth-order valence-corrected chi connectivity index (χ4v) is 1.93. The first kappa shape index (κ1) is 11.8. The molecule has 0 saturated carbocycles. The van der Waals surface area contributed by atoms with Crippen molar-refractivity contribution >= 4 is 16.7 Å². The van der Waals surface area contributed by atoms with Crippen LogP contribution in [0.2, 0.25) is 0 Å². The molecule has 0 spiro atoms. The molecule has 0 saturated heterocycles.